The molecule has 1 aliphatic rings. The molecule has 0 aromatic carbocycles. The van der Waals surface area contributed by atoms with Gasteiger partial charge in [0.1, 0.15) is 35.0 Å². The van der Waals surface area contributed by atoms with E-state index in [-0.39, 0.29) is 0 Å². The first-order valence-electron chi connectivity index (χ1n) is 7.61. The molecule has 0 saturated heterocycles. The van der Waals surface area contributed by atoms with E-state index in [1.54, 1.807) is 40.9 Å². The highest BCUT2D eigenvalue weighted by Crippen LogP contribution is 2.47. The fraction of sp³-hybridized carbons (Fsp3) is 0.267. The van der Waals surface area contributed by atoms with Crippen LogP contribution in [-0.2, 0) is 0 Å². The Hall–Kier alpha value is -2.65. The van der Waals surface area contributed by atoms with Gasteiger partial charge >= 0.3 is 0 Å². The van der Waals surface area contributed by atoms with Crippen LogP contribution in [0, 0.1) is 0 Å². The second-order valence-corrected chi connectivity index (χ2v) is 6.88. The number of nitrogens with zero attached hydrogens (tertiary/aromatic N) is 7. The summed E-state index contributed by atoms with van der Waals surface area (Å²) in [6.45, 7) is 0. The molecular formula is C15H13N7OS. The van der Waals surface area contributed by atoms with Crippen LogP contribution in [-0.4, -0.2) is 39.5 Å². The van der Waals surface area contributed by atoms with Crippen molar-refractivity contribution in [3.63, 3.8) is 0 Å². The zero-order chi connectivity index (χ0) is 16.1. The average molecular weight is 339 g/mol. The minimum absolute atomic E-state index is 0.495. The molecule has 0 radical (unpaired) electrons. The molecule has 1 saturated carbocycles. The van der Waals surface area contributed by atoms with Crippen molar-refractivity contribution in [2.45, 2.75) is 24.9 Å². The van der Waals surface area contributed by atoms with E-state index in [4.69, 9.17) is 0 Å². The maximum absolute atomic E-state index is 10.9. The largest absolute Gasteiger partial charge is 0.380 e. The molecule has 24 heavy (non-hydrogen) atoms. The van der Waals surface area contributed by atoms with Crippen LogP contribution in [0.4, 0.5) is 0 Å². The van der Waals surface area contributed by atoms with Gasteiger partial charge < -0.3 is 5.11 Å². The Morgan fingerprint density at radius 1 is 1.17 bits per heavy atom. The Balaban J connectivity index is 1.57. The van der Waals surface area contributed by atoms with Crippen LogP contribution in [0.5, 0.6) is 0 Å². The first kappa shape index (κ1) is 13.8. The highest BCUT2D eigenvalue weighted by atomic mass is 32.1. The summed E-state index contributed by atoms with van der Waals surface area (Å²) in [6.07, 6.45) is 11.5. The molecule has 8 nitrogen and oxygen atoms in total. The van der Waals surface area contributed by atoms with Crippen LogP contribution >= 0.6 is 11.3 Å². The number of aliphatic hydroxyl groups is 1. The Labute approximate surface area is 140 Å². The lowest BCUT2D eigenvalue weighted by molar-refractivity contribution is 0.208. The van der Waals surface area contributed by atoms with E-state index in [1.165, 1.54) is 24.0 Å². The lowest BCUT2D eigenvalue weighted by Gasteiger charge is -2.09. The maximum atomic E-state index is 10.9. The van der Waals surface area contributed by atoms with Gasteiger partial charge in [0, 0.05) is 4.88 Å². The molecule has 120 valence electrons. The van der Waals surface area contributed by atoms with Crippen molar-refractivity contribution in [1.82, 2.24) is 34.3 Å². The van der Waals surface area contributed by atoms with Crippen molar-refractivity contribution >= 4 is 16.2 Å². The Morgan fingerprint density at radius 2 is 2.00 bits per heavy atom. The maximum Gasteiger partial charge on any atom is 0.141 e. The van der Waals surface area contributed by atoms with Crippen molar-refractivity contribution < 1.29 is 5.11 Å². The Kier molecular flexibility index (Phi) is 2.97. The highest BCUT2D eigenvalue weighted by Gasteiger charge is 2.33. The van der Waals surface area contributed by atoms with Crippen LogP contribution < -0.4 is 0 Å². The van der Waals surface area contributed by atoms with Crippen LogP contribution in [0.25, 0.3) is 10.5 Å². The van der Waals surface area contributed by atoms with E-state index in [9.17, 15) is 5.11 Å². The quantitative estimate of drug-likeness (QED) is 0.608. The normalized spacial score (nSPS) is 15.9. The van der Waals surface area contributed by atoms with Gasteiger partial charge in [-0.05, 0) is 18.8 Å². The summed E-state index contributed by atoms with van der Waals surface area (Å²) in [4.78, 5) is 14.4. The molecule has 0 amide bonds. The van der Waals surface area contributed by atoms with Gasteiger partial charge in [-0.2, -0.15) is 0 Å². The van der Waals surface area contributed by atoms with Crippen LogP contribution in [0.1, 0.15) is 41.1 Å². The molecule has 4 heterocycles. The van der Waals surface area contributed by atoms with Gasteiger partial charge in [0.2, 0.25) is 0 Å². The van der Waals surface area contributed by atoms with Crippen molar-refractivity contribution in [2.24, 2.45) is 0 Å². The fourth-order valence-electron chi connectivity index (χ4n) is 2.81. The summed E-state index contributed by atoms with van der Waals surface area (Å²) in [7, 11) is 0. The summed E-state index contributed by atoms with van der Waals surface area (Å²) < 4.78 is 3.51. The second-order valence-electron chi connectivity index (χ2n) is 5.81. The average Bonchev–Trinajstić information content (AvgIpc) is 3.04. The van der Waals surface area contributed by atoms with Gasteiger partial charge in [-0.25, -0.2) is 19.6 Å². The van der Waals surface area contributed by atoms with Crippen LogP contribution in [0.2, 0.25) is 0 Å². The van der Waals surface area contributed by atoms with E-state index >= 15 is 0 Å². The number of aliphatic hydroxyl groups excluding tert-OH is 1. The number of imidazole rings is 1. The summed E-state index contributed by atoms with van der Waals surface area (Å²) in [5.41, 5.74) is 2.05. The summed E-state index contributed by atoms with van der Waals surface area (Å²) >= 11 is 1.69. The number of aromatic nitrogens is 7. The minimum atomic E-state index is -0.845. The van der Waals surface area contributed by atoms with E-state index in [1.807, 2.05) is 10.6 Å². The molecule has 1 fully saturated rings. The molecule has 1 atom stereocenters. The SMILES string of the molecule is OC(c1cn(-c2cncnc2)nn1)c1c(C2CC2)sc2cncn12. The predicted molar refractivity (Wildman–Crippen MR) is 86.1 cm³/mol. The zero-order valence-electron chi connectivity index (χ0n) is 12.5. The van der Waals surface area contributed by atoms with E-state index in [0.29, 0.717) is 17.3 Å². The fourth-order valence-corrected chi connectivity index (χ4v) is 4.10. The Morgan fingerprint density at radius 3 is 2.79 bits per heavy atom. The van der Waals surface area contributed by atoms with E-state index in [2.05, 4.69) is 25.3 Å². The number of hydrogen-bond acceptors (Lipinski definition) is 7. The first-order chi connectivity index (χ1) is 11.8. The third kappa shape index (κ3) is 2.13. The molecule has 0 spiro atoms. The van der Waals surface area contributed by atoms with E-state index in [0.717, 1.165) is 10.5 Å². The standard InChI is InChI=1S/C15H13N7OS/c23-14(11-6-22(20-19-11)10-3-16-7-17-4-10)13-15(9-1-2-9)24-12-5-18-8-21(12)13/h3-9,14,23H,1-2H2. The van der Waals surface area contributed by atoms with Crippen molar-refractivity contribution in [3.8, 4) is 5.69 Å². The number of hydrogen-bond donors (Lipinski definition) is 1. The molecule has 1 N–H and O–H groups in total. The Bertz CT molecular complexity index is 1000. The molecule has 4 aromatic rings. The van der Waals surface area contributed by atoms with Gasteiger partial charge in [0.05, 0.1) is 30.5 Å². The van der Waals surface area contributed by atoms with E-state index < -0.39 is 6.10 Å². The first-order valence-corrected chi connectivity index (χ1v) is 8.43. The van der Waals surface area contributed by atoms with Crippen molar-refractivity contribution in [2.75, 3.05) is 0 Å². The van der Waals surface area contributed by atoms with Crippen molar-refractivity contribution in [3.05, 3.63) is 53.7 Å². The lowest BCUT2D eigenvalue weighted by atomic mass is 10.1. The van der Waals surface area contributed by atoms with Gasteiger partial charge in [-0.3, -0.25) is 4.40 Å². The van der Waals surface area contributed by atoms with Crippen molar-refractivity contribution in [1.29, 1.82) is 0 Å². The molecule has 1 aliphatic carbocycles. The van der Waals surface area contributed by atoms with Crippen LogP contribution in [0.3, 0.4) is 0 Å². The topological polar surface area (TPSA) is 94.0 Å². The van der Waals surface area contributed by atoms with Gasteiger partial charge in [0.25, 0.3) is 0 Å². The molecule has 1 unspecified atom stereocenters. The summed E-state index contributed by atoms with van der Waals surface area (Å²) in [6, 6.07) is 0. The number of fused-ring (bicyclic) bond motifs is 1. The third-order valence-electron chi connectivity index (χ3n) is 4.14. The minimum Gasteiger partial charge on any atom is -0.380 e. The van der Waals surface area contributed by atoms with Gasteiger partial charge in [-0.1, -0.05) is 5.21 Å². The highest BCUT2D eigenvalue weighted by molar-refractivity contribution is 7.17. The summed E-state index contributed by atoms with van der Waals surface area (Å²) in [5.74, 6) is 0.539. The second kappa shape index (κ2) is 5.18. The van der Waals surface area contributed by atoms with Gasteiger partial charge in [0.15, 0.2) is 0 Å². The molecule has 0 bridgehead atoms. The molecular weight excluding hydrogens is 326 g/mol. The number of rotatable bonds is 4. The monoisotopic (exact) mass is 339 g/mol. The smallest absolute Gasteiger partial charge is 0.141 e. The molecule has 5 rings (SSSR count). The zero-order valence-corrected chi connectivity index (χ0v) is 13.3. The molecule has 9 heteroatoms. The predicted octanol–water partition coefficient (Wildman–Crippen LogP) is 1.73. The lowest BCUT2D eigenvalue weighted by Crippen LogP contribution is -2.06. The van der Waals surface area contributed by atoms with Crippen LogP contribution in [0.15, 0.2) is 37.4 Å². The summed E-state index contributed by atoms with van der Waals surface area (Å²) in [5, 5.41) is 19.1. The third-order valence-corrected chi connectivity index (χ3v) is 5.41. The molecule has 0 aliphatic heterocycles. The van der Waals surface area contributed by atoms with Gasteiger partial charge in [-0.15, -0.1) is 16.4 Å². The number of thiazole rings is 1. The molecule has 4 aromatic heterocycles.